The number of nitrogens with two attached hydrogens (primary N) is 1. The van der Waals surface area contributed by atoms with Gasteiger partial charge in [-0.05, 0) is 30.4 Å². The fraction of sp³-hybridized carbons (Fsp3) is 0.308. The number of carbonyl (C=O) groups is 1. The monoisotopic (exact) mass is 342 g/mol. The van der Waals surface area contributed by atoms with Gasteiger partial charge in [-0.2, -0.15) is 0 Å². The Kier molecular flexibility index (Phi) is 3.87. The number of hydrogen-bond acceptors (Lipinski definition) is 5. The Hall–Kier alpha value is -1.22. The van der Waals surface area contributed by atoms with Gasteiger partial charge in [-0.25, -0.2) is 13.6 Å². The molecule has 2 N–H and O–H groups in total. The van der Waals surface area contributed by atoms with Crippen LogP contribution in [0.5, 0.6) is 0 Å². The molecule has 0 aromatic carbocycles. The summed E-state index contributed by atoms with van der Waals surface area (Å²) < 4.78 is 22.6. The van der Waals surface area contributed by atoms with Crippen LogP contribution in [0, 0.1) is 0 Å². The van der Waals surface area contributed by atoms with Crippen molar-refractivity contribution in [3.63, 3.8) is 0 Å². The van der Waals surface area contributed by atoms with Gasteiger partial charge in [0.05, 0.1) is 11.6 Å². The van der Waals surface area contributed by atoms with E-state index < -0.39 is 10.0 Å². The van der Waals surface area contributed by atoms with Crippen molar-refractivity contribution < 1.29 is 13.2 Å². The van der Waals surface area contributed by atoms with Gasteiger partial charge in [0.15, 0.2) is 0 Å². The number of nitrogens with zero attached hydrogens (tertiary/aromatic N) is 1. The van der Waals surface area contributed by atoms with Crippen molar-refractivity contribution in [1.82, 2.24) is 4.90 Å². The minimum atomic E-state index is -3.75. The van der Waals surface area contributed by atoms with Gasteiger partial charge in [-0.3, -0.25) is 4.79 Å². The predicted octanol–water partition coefficient (Wildman–Crippen LogP) is 2.43. The van der Waals surface area contributed by atoms with Crippen molar-refractivity contribution in [2.24, 2.45) is 5.14 Å². The van der Waals surface area contributed by atoms with Gasteiger partial charge >= 0.3 is 0 Å². The van der Waals surface area contributed by atoms with Gasteiger partial charge in [-0.1, -0.05) is 6.07 Å². The molecule has 1 atom stereocenters. The fourth-order valence-electron chi connectivity index (χ4n) is 2.53. The number of hydrogen-bond donors (Lipinski definition) is 1. The average Bonchev–Trinajstić information content (AvgIpc) is 3.16. The van der Waals surface area contributed by atoms with E-state index in [4.69, 9.17) is 5.14 Å². The summed E-state index contributed by atoms with van der Waals surface area (Å²) >= 11 is 2.62. The molecule has 0 aliphatic carbocycles. The molecule has 0 spiro atoms. The van der Waals surface area contributed by atoms with Gasteiger partial charge in [0.1, 0.15) is 4.21 Å². The molecular formula is C13H14N2O3S3. The van der Waals surface area contributed by atoms with Crippen LogP contribution in [0.2, 0.25) is 0 Å². The van der Waals surface area contributed by atoms with Gasteiger partial charge in [0.25, 0.3) is 5.91 Å². The second-order valence-corrected chi connectivity index (χ2v) is 8.55. The summed E-state index contributed by atoms with van der Waals surface area (Å²) in [5, 5.41) is 8.65. The Labute approximate surface area is 131 Å². The van der Waals surface area contributed by atoms with Crippen molar-refractivity contribution in [2.45, 2.75) is 23.1 Å². The summed E-state index contributed by atoms with van der Waals surface area (Å²) in [5.74, 6) is -0.128. The second kappa shape index (κ2) is 5.53. The summed E-state index contributed by atoms with van der Waals surface area (Å²) in [7, 11) is -3.75. The lowest BCUT2D eigenvalue weighted by atomic mass is 10.1. The second-order valence-electron chi connectivity index (χ2n) is 4.87. The van der Waals surface area contributed by atoms with E-state index in [2.05, 4.69) is 0 Å². The van der Waals surface area contributed by atoms with Gasteiger partial charge < -0.3 is 4.90 Å². The van der Waals surface area contributed by atoms with Crippen LogP contribution in [0.1, 0.15) is 34.1 Å². The Bertz CT molecular complexity index is 749. The highest BCUT2D eigenvalue weighted by atomic mass is 32.2. The smallest absolute Gasteiger partial charge is 0.255 e. The standard InChI is InChI=1S/C13H14N2O3S3/c14-21(17,18)12-7-9(8-20-12)13(16)15-5-1-3-10(15)11-4-2-6-19-11/h2,4,6-8,10H,1,3,5H2,(H2,14,17,18). The third-order valence-electron chi connectivity index (χ3n) is 3.49. The number of likely N-dealkylation sites (tertiary alicyclic amines) is 1. The molecule has 2 aromatic rings. The quantitative estimate of drug-likeness (QED) is 0.930. The maximum atomic E-state index is 12.6. The number of sulfonamides is 1. The molecule has 0 radical (unpaired) electrons. The minimum absolute atomic E-state index is 0.0257. The molecule has 1 fully saturated rings. The van der Waals surface area contributed by atoms with Crippen LogP contribution in [-0.4, -0.2) is 25.8 Å². The fourth-order valence-corrected chi connectivity index (χ4v) is 4.98. The van der Waals surface area contributed by atoms with E-state index in [1.54, 1.807) is 16.7 Å². The molecule has 1 unspecified atom stereocenters. The van der Waals surface area contributed by atoms with E-state index >= 15 is 0 Å². The lowest BCUT2D eigenvalue weighted by Gasteiger charge is -2.23. The van der Waals surface area contributed by atoms with Gasteiger partial charge in [-0.15, -0.1) is 22.7 Å². The Morgan fingerprint density at radius 3 is 2.81 bits per heavy atom. The molecule has 0 saturated carbocycles. The lowest BCUT2D eigenvalue weighted by Crippen LogP contribution is -2.29. The number of amides is 1. The summed E-state index contributed by atoms with van der Waals surface area (Å²) in [4.78, 5) is 15.6. The third-order valence-corrected chi connectivity index (χ3v) is 6.85. The molecule has 21 heavy (non-hydrogen) atoms. The zero-order valence-corrected chi connectivity index (χ0v) is 13.5. The van der Waals surface area contributed by atoms with E-state index in [0.29, 0.717) is 12.1 Å². The van der Waals surface area contributed by atoms with Crippen molar-refractivity contribution in [2.75, 3.05) is 6.54 Å². The number of thiophene rings is 2. The normalized spacial score (nSPS) is 19.1. The zero-order chi connectivity index (χ0) is 15.0. The van der Waals surface area contributed by atoms with Crippen LogP contribution in [0.4, 0.5) is 0 Å². The largest absolute Gasteiger partial charge is 0.331 e. The van der Waals surface area contributed by atoms with Crippen molar-refractivity contribution >= 4 is 38.6 Å². The summed E-state index contributed by atoms with van der Waals surface area (Å²) in [6.07, 6.45) is 1.90. The van der Waals surface area contributed by atoms with Crippen LogP contribution in [0.25, 0.3) is 0 Å². The predicted molar refractivity (Wildman–Crippen MR) is 83.0 cm³/mol. The van der Waals surface area contributed by atoms with Crippen LogP contribution < -0.4 is 5.14 Å². The highest BCUT2D eigenvalue weighted by Crippen LogP contribution is 2.36. The van der Waals surface area contributed by atoms with E-state index in [1.807, 2.05) is 22.4 Å². The van der Waals surface area contributed by atoms with Gasteiger partial charge in [0, 0.05) is 16.8 Å². The molecule has 0 bridgehead atoms. The summed E-state index contributed by atoms with van der Waals surface area (Å²) in [5.41, 5.74) is 0.396. The number of rotatable bonds is 3. The molecule has 8 heteroatoms. The van der Waals surface area contributed by atoms with Gasteiger partial charge in [0.2, 0.25) is 10.0 Å². The van der Waals surface area contributed by atoms with E-state index in [1.165, 1.54) is 10.9 Å². The maximum Gasteiger partial charge on any atom is 0.255 e. The Morgan fingerprint density at radius 2 is 2.19 bits per heavy atom. The highest BCUT2D eigenvalue weighted by molar-refractivity contribution is 7.91. The first kappa shape index (κ1) is 14.7. The average molecular weight is 342 g/mol. The van der Waals surface area contributed by atoms with E-state index in [9.17, 15) is 13.2 Å². The van der Waals surface area contributed by atoms with Crippen LogP contribution in [0.3, 0.4) is 0 Å². The Balaban J connectivity index is 1.86. The molecule has 3 rings (SSSR count). The minimum Gasteiger partial charge on any atom is -0.331 e. The van der Waals surface area contributed by atoms with E-state index in [0.717, 1.165) is 24.2 Å². The van der Waals surface area contributed by atoms with Crippen molar-refractivity contribution in [3.05, 3.63) is 39.4 Å². The van der Waals surface area contributed by atoms with Crippen LogP contribution >= 0.6 is 22.7 Å². The maximum absolute atomic E-state index is 12.6. The van der Waals surface area contributed by atoms with E-state index in [-0.39, 0.29) is 16.2 Å². The molecule has 112 valence electrons. The Morgan fingerprint density at radius 1 is 1.38 bits per heavy atom. The molecule has 2 aromatic heterocycles. The molecule has 1 amide bonds. The number of primary sulfonamides is 1. The molecule has 5 nitrogen and oxygen atoms in total. The first-order valence-corrected chi connectivity index (χ1v) is 9.73. The molecule has 1 aliphatic rings. The molecule has 3 heterocycles. The summed E-state index contributed by atoms with van der Waals surface area (Å²) in [6, 6.07) is 5.47. The summed E-state index contributed by atoms with van der Waals surface area (Å²) in [6.45, 7) is 0.696. The molecule has 1 aliphatic heterocycles. The number of carbonyl (C=O) groups excluding carboxylic acids is 1. The molecular weight excluding hydrogens is 328 g/mol. The van der Waals surface area contributed by atoms with Crippen molar-refractivity contribution in [1.29, 1.82) is 0 Å². The lowest BCUT2D eigenvalue weighted by molar-refractivity contribution is 0.0738. The molecule has 1 saturated heterocycles. The zero-order valence-electron chi connectivity index (χ0n) is 11.1. The van der Waals surface area contributed by atoms with Crippen LogP contribution in [-0.2, 0) is 10.0 Å². The van der Waals surface area contributed by atoms with Crippen molar-refractivity contribution in [3.8, 4) is 0 Å². The third kappa shape index (κ3) is 2.89. The topological polar surface area (TPSA) is 80.5 Å². The first-order valence-electron chi connectivity index (χ1n) is 6.42. The SMILES string of the molecule is NS(=O)(=O)c1cc(C(=O)N2CCCC2c2cccs2)cs1. The highest BCUT2D eigenvalue weighted by Gasteiger charge is 2.32. The van der Waals surface area contributed by atoms with Crippen LogP contribution in [0.15, 0.2) is 33.2 Å². The first-order chi connectivity index (χ1) is 9.97.